The van der Waals surface area contributed by atoms with E-state index in [2.05, 4.69) is 31.3 Å². The van der Waals surface area contributed by atoms with Crippen molar-refractivity contribution in [1.29, 1.82) is 0 Å². The van der Waals surface area contributed by atoms with Crippen LogP contribution in [0.25, 0.3) is 11.0 Å². The molecule has 4 aromatic rings. The molecular formula is C29H32FN3O3. The second kappa shape index (κ2) is 10.8. The molecule has 1 amide bonds. The number of aryl methyl sites for hydroxylation is 2. The summed E-state index contributed by atoms with van der Waals surface area (Å²) in [7, 11) is 3.21. The molecule has 0 saturated heterocycles. The van der Waals surface area contributed by atoms with E-state index < -0.39 is 6.04 Å². The molecule has 36 heavy (non-hydrogen) atoms. The van der Waals surface area contributed by atoms with Gasteiger partial charge in [0.2, 0.25) is 5.91 Å². The molecule has 0 radical (unpaired) electrons. The second-order valence-corrected chi connectivity index (χ2v) is 9.03. The lowest BCUT2D eigenvalue weighted by molar-refractivity contribution is -0.123. The van der Waals surface area contributed by atoms with Crippen LogP contribution >= 0.6 is 0 Å². The van der Waals surface area contributed by atoms with E-state index in [-0.39, 0.29) is 11.7 Å². The molecule has 1 N–H and O–H groups in total. The normalized spacial score (nSPS) is 11.9. The Hall–Kier alpha value is -3.87. The molecule has 0 aliphatic carbocycles. The Morgan fingerprint density at radius 1 is 0.972 bits per heavy atom. The summed E-state index contributed by atoms with van der Waals surface area (Å²) < 4.78 is 26.1. The van der Waals surface area contributed by atoms with Crippen molar-refractivity contribution in [3.63, 3.8) is 0 Å². The molecule has 188 valence electrons. The molecule has 1 heterocycles. The number of methoxy groups -OCH3 is 2. The monoisotopic (exact) mass is 489 g/mol. The first-order chi connectivity index (χ1) is 17.3. The van der Waals surface area contributed by atoms with Crippen molar-refractivity contribution in [2.24, 2.45) is 0 Å². The van der Waals surface area contributed by atoms with Gasteiger partial charge in [-0.2, -0.15) is 0 Å². The number of rotatable bonds is 9. The van der Waals surface area contributed by atoms with Crippen LogP contribution in [0.1, 0.15) is 41.0 Å². The van der Waals surface area contributed by atoms with Crippen LogP contribution in [0.5, 0.6) is 11.5 Å². The van der Waals surface area contributed by atoms with Crippen molar-refractivity contribution in [2.45, 2.75) is 39.7 Å². The number of imidazole rings is 1. The molecule has 0 spiro atoms. The van der Waals surface area contributed by atoms with Gasteiger partial charge in [0.1, 0.15) is 17.7 Å². The average Bonchev–Trinajstić information content (AvgIpc) is 3.21. The lowest BCUT2D eigenvalue weighted by atomic mass is 10.1. The summed E-state index contributed by atoms with van der Waals surface area (Å²) in [6.45, 7) is 6.48. The minimum absolute atomic E-state index is 0.0895. The number of halogens is 1. The van der Waals surface area contributed by atoms with Crippen molar-refractivity contribution in [3.8, 4) is 11.5 Å². The fourth-order valence-corrected chi connectivity index (χ4v) is 4.37. The molecule has 0 bridgehead atoms. The van der Waals surface area contributed by atoms with E-state index in [9.17, 15) is 9.18 Å². The van der Waals surface area contributed by atoms with E-state index in [4.69, 9.17) is 14.5 Å². The number of nitrogens with zero attached hydrogens (tertiary/aromatic N) is 2. The van der Waals surface area contributed by atoms with Gasteiger partial charge in [0, 0.05) is 13.0 Å². The maximum absolute atomic E-state index is 13.4. The highest BCUT2D eigenvalue weighted by Gasteiger charge is 2.22. The topological polar surface area (TPSA) is 65.4 Å². The molecule has 7 heteroatoms. The molecule has 1 atom stereocenters. The van der Waals surface area contributed by atoms with Crippen LogP contribution in [0.2, 0.25) is 0 Å². The Labute approximate surface area is 211 Å². The van der Waals surface area contributed by atoms with Gasteiger partial charge in [0.05, 0.1) is 25.3 Å². The summed E-state index contributed by atoms with van der Waals surface area (Å²) in [5.41, 5.74) is 6.02. The molecule has 6 nitrogen and oxygen atoms in total. The van der Waals surface area contributed by atoms with Crippen LogP contribution in [0.4, 0.5) is 4.39 Å². The Kier molecular flexibility index (Phi) is 7.58. The molecule has 0 saturated carbocycles. The maximum Gasteiger partial charge on any atom is 0.242 e. The Morgan fingerprint density at radius 2 is 1.64 bits per heavy atom. The summed E-state index contributed by atoms with van der Waals surface area (Å²) in [5, 5.41) is 3.07. The lowest BCUT2D eigenvalue weighted by Crippen LogP contribution is -2.33. The van der Waals surface area contributed by atoms with Crippen molar-refractivity contribution < 1.29 is 18.7 Å². The van der Waals surface area contributed by atoms with E-state index in [0.29, 0.717) is 30.9 Å². The first kappa shape index (κ1) is 25.2. The third-order valence-electron chi connectivity index (χ3n) is 6.58. The van der Waals surface area contributed by atoms with E-state index >= 15 is 0 Å². The van der Waals surface area contributed by atoms with Gasteiger partial charge in [-0.25, -0.2) is 9.37 Å². The van der Waals surface area contributed by atoms with Gasteiger partial charge in [0.15, 0.2) is 11.5 Å². The van der Waals surface area contributed by atoms with Gasteiger partial charge in [-0.05, 0) is 85.8 Å². The molecule has 0 aliphatic heterocycles. The number of aromatic nitrogens is 2. The van der Waals surface area contributed by atoms with Crippen LogP contribution in [-0.2, 0) is 17.6 Å². The number of carbonyl (C=O) groups excluding carboxylic acids is 1. The second-order valence-electron chi connectivity index (χ2n) is 9.03. The number of ether oxygens (including phenoxy) is 2. The van der Waals surface area contributed by atoms with Gasteiger partial charge in [-0.15, -0.1) is 0 Å². The minimum atomic E-state index is -0.474. The zero-order chi connectivity index (χ0) is 25.8. The fraction of sp³-hybridized carbons (Fsp3) is 0.310. The van der Waals surface area contributed by atoms with Crippen molar-refractivity contribution >= 4 is 16.9 Å². The number of amides is 1. The Morgan fingerprint density at radius 3 is 2.33 bits per heavy atom. The largest absolute Gasteiger partial charge is 0.493 e. The van der Waals surface area contributed by atoms with Crippen LogP contribution < -0.4 is 14.8 Å². The predicted octanol–water partition coefficient (Wildman–Crippen LogP) is 5.32. The van der Waals surface area contributed by atoms with Crippen LogP contribution in [0.3, 0.4) is 0 Å². The van der Waals surface area contributed by atoms with Gasteiger partial charge in [-0.3, -0.25) is 4.79 Å². The van der Waals surface area contributed by atoms with E-state index in [1.54, 1.807) is 26.4 Å². The number of benzene rings is 3. The van der Waals surface area contributed by atoms with Gasteiger partial charge in [0.25, 0.3) is 0 Å². The molecule has 0 aliphatic rings. The summed E-state index contributed by atoms with van der Waals surface area (Å²) in [4.78, 5) is 18.1. The van der Waals surface area contributed by atoms with E-state index in [0.717, 1.165) is 39.1 Å². The highest BCUT2D eigenvalue weighted by Crippen LogP contribution is 2.28. The molecule has 0 fully saturated rings. The van der Waals surface area contributed by atoms with Gasteiger partial charge < -0.3 is 19.4 Å². The summed E-state index contributed by atoms with van der Waals surface area (Å²) in [6.07, 6.45) is 1.15. The Balaban J connectivity index is 1.55. The number of hydrogen-bond donors (Lipinski definition) is 1. The maximum atomic E-state index is 13.4. The summed E-state index contributed by atoms with van der Waals surface area (Å²) >= 11 is 0. The zero-order valence-corrected chi connectivity index (χ0v) is 21.4. The molecule has 1 aromatic heterocycles. The average molecular weight is 490 g/mol. The third kappa shape index (κ3) is 5.35. The quantitative estimate of drug-likeness (QED) is 0.346. The van der Waals surface area contributed by atoms with E-state index in [1.807, 2.05) is 29.7 Å². The molecule has 0 unspecified atom stereocenters. The minimum Gasteiger partial charge on any atom is -0.493 e. The highest BCUT2D eigenvalue weighted by atomic mass is 19.1. The van der Waals surface area contributed by atoms with Crippen molar-refractivity contribution in [1.82, 2.24) is 14.9 Å². The third-order valence-corrected chi connectivity index (χ3v) is 6.58. The first-order valence-corrected chi connectivity index (χ1v) is 12.0. The number of fused-ring (bicyclic) bond motifs is 1. The van der Waals surface area contributed by atoms with Gasteiger partial charge >= 0.3 is 0 Å². The SMILES string of the molecule is COc1ccc(CCNC(=O)[C@@H](C)n2c(Cc3ccc(F)cc3)nc3cc(C)c(C)cc32)cc1OC. The highest BCUT2D eigenvalue weighted by molar-refractivity contribution is 5.85. The first-order valence-electron chi connectivity index (χ1n) is 12.0. The summed E-state index contributed by atoms with van der Waals surface area (Å²) in [5.74, 6) is 1.74. The fourth-order valence-electron chi connectivity index (χ4n) is 4.37. The smallest absolute Gasteiger partial charge is 0.242 e. The molecule has 4 rings (SSSR count). The van der Waals surface area contributed by atoms with Crippen LogP contribution in [0.15, 0.2) is 54.6 Å². The van der Waals surface area contributed by atoms with Crippen molar-refractivity contribution in [2.75, 3.05) is 20.8 Å². The lowest BCUT2D eigenvalue weighted by Gasteiger charge is -2.18. The van der Waals surface area contributed by atoms with Gasteiger partial charge in [-0.1, -0.05) is 18.2 Å². The van der Waals surface area contributed by atoms with E-state index in [1.165, 1.54) is 12.1 Å². The zero-order valence-electron chi connectivity index (χ0n) is 21.4. The standard InChI is InChI=1S/C29H32FN3O3/c1-18-14-24-25(15-19(18)2)33(28(32-24)17-21-6-9-23(30)10-7-21)20(3)29(34)31-13-12-22-8-11-26(35-4)27(16-22)36-5/h6-11,14-16,20H,12-13,17H2,1-5H3,(H,31,34)/t20-/m1/s1. The summed E-state index contributed by atoms with van der Waals surface area (Å²) in [6, 6.07) is 15.8. The number of nitrogens with one attached hydrogen (secondary N) is 1. The Bertz CT molecular complexity index is 1380. The number of hydrogen-bond acceptors (Lipinski definition) is 4. The van der Waals surface area contributed by atoms with Crippen LogP contribution in [0, 0.1) is 19.7 Å². The van der Waals surface area contributed by atoms with Crippen LogP contribution in [-0.4, -0.2) is 36.2 Å². The molecular weight excluding hydrogens is 457 g/mol. The number of carbonyl (C=O) groups is 1. The van der Waals surface area contributed by atoms with Crippen molar-refractivity contribution in [3.05, 3.63) is 88.5 Å². The predicted molar refractivity (Wildman–Crippen MR) is 139 cm³/mol. The molecule has 3 aromatic carbocycles.